The molecule has 2 heteroatoms. The highest BCUT2D eigenvalue weighted by Crippen LogP contribution is 2.18. The van der Waals surface area contributed by atoms with Crippen molar-refractivity contribution >= 4 is 0 Å². The van der Waals surface area contributed by atoms with Gasteiger partial charge in [-0.1, -0.05) is 77.6 Å². The fourth-order valence-electron chi connectivity index (χ4n) is 2.82. The third kappa shape index (κ3) is 16.1. The summed E-state index contributed by atoms with van der Waals surface area (Å²) in [5.41, 5.74) is 5.48. The van der Waals surface area contributed by atoms with Crippen LogP contribution in [0.15, 0.2) is 0 Å². The predicted octanol–water partition coefficient (Wildman–Crippen LogP) is 5.24. The van der Waals surface area contributed by atoms with Crippen LogP contribution in [-0.2, 0) is 0 Å². The van der Waals surface area contributed by atoms with Crippen LogP contribution in [0.2, 0.25) is 0 Å². The second kappa shape index (κ2) is 18.0. The third-order valence-electron chi connectivity index (χ3n) is 4.32. The lowest BCUT2D eigenvalue weighted by Gasteiger charge is -2.13. The van der Waals surface area contributed by atoms with E-state index in [2.05, 4.69) is 13.3 Å². The fourth-order valence-corrected chi connectivity index (χ4v) is 2.82. The lowest BCUT2D eigenvalue weighted by atomic mass is 9.95. The quantitative estimate of drug-likeness (QED) is 0.361. The lowest BCUT2D eigenvalue weighted by Crippen LogP contribution is -2.06. The number of rotatable bonds is 17. The Morgan fingerprint density at radius 2 is 1.38 bits per heavy atom. The molecule has 0 saturated heterocycles. The molecule has 0 aromatic carbocycles. The fraction of sp³-hybridized carbons (Fsp3) is 0.947. The van der Waals surface area contributed by atoms with Gasteiger partial charge in [-0.05, 0) is 38.1 Å². The SMILES string of the molecule is CCCCCCCCC([CH]CCCCCCCCN)CO. The molecule has 0 aliphatic heterocycles. The van der Waals surface area contributed by atoms with E-state index in [0.717, 1.165) is 6.54 Å². The van der Waals surface area contributed by atoms with E-state index >= 15 is 0 Å². The number of aliphatic hydroxyl groups is 1. The summed E-state index contributed by atoms with van der Waals surface area (Å²) in [5.74, 6) is 0.438. The topological polar surface area (TPSA) is 46.2 Å². The molecule has 1 unspecified atom stereocenters. The zero-order valence-corrected chi connectivity index (χ0v) is 14.5. The summed E-state index contributed by atoms with van der Waals surface area (Å²) in [6.45, 7) is 3.44. The lowest BCUT2D eigenvalue weighted by molar-refractivity contribution is 0.231. The molecular weight excluding hydrogens is 258 g/mol. The number of aliphatic hydroxyl groups excluding tert-OH is 1. The van der Waals surface area contributed by atoms with Crippen molar-refractivity contribution < 1.29 is 5.11 Å². The first kappa shape index (κ1) is 20.9. The minimum atomic E-state index is 0.339. The Labute approximate surface area is 133 Å². The van der Waals surface area contributed by atoms with E-state index in [1.807, 2.05) is 0 Å². The standard InChI is InChI=1S/C19H40NO/c1-2-3-4-5-9-12-15-19(18-21)16-13-10-7-6-8-11-14-17-20/h16,19,21H,2-15,17-18,20H2,1H3. The van der Waals surface area contributed by atoms with Gasteiger partial charge in [-0.15, -0.1) is 0 Å². The first-order chi connectivity index (χ1) is 10.3. The Morgan fingerprint density at radius 3 is 2.00 bits per heavy atom. The maximum absolute atomic E-state index is 9.42. The van der Waals surface area contributed by atoms with Gasteiger partial charge in [-0.25, -0.2) is 0 Å². The van der Waals surface area contributed by atoms with Crippen molar-refractivity contribution in [2.45, 2.75) is 96.8 Å². The highest BCUT2D eigenvalue weighted by atomic mass is 16.3. The van der Waals surface area contributed by atoms with E-state index in [1.165, 1.54) is 89.9 Å². The van der Waals surface area contributed by atoms with Crippen molar-refractivity contribution in [3.8, 4) is 0 Å². The molecule has 1 atom stereocenters. The molecule has 0 heterocycles. The van der Waals surface area contributed by atoms with Crippen LogP contribution in [0.3, 0.4) is 0 Å². The zero-order chi connectivity index (χ0) is 15.6. The summed E-state index contributed by atoms with van der Waals surface area (Å²) in [6.07, 6.45) is 20.6. The molecular formula is C19H40NO. The van der Waals surface area contributed by atoms with Gasteiger partial charge in [0.2, 0.25) is 0 Å². The minimum absolute atomic E-state index is 0.339. The molecule has 0 aliphatic carbocycles. The Balaban J connectivity index is 3.28. The normalized spacial score (nSPS) is 12.7. The molecule has 0 aromatic rings. The molecule has 21 heavy (non-hydrogen) atoms. The second-order valence-corrected chi connectivity index (χ2v) is 6.43. The number of nitrogens with two attached hydrogens (primary N) is 1. The van der Waals surface area contributed by atoms with Crippen LogP contribution in [0.25, 0.3) is 0 Å². The molecule has 0 fully saturated rings. The molecule has 0 saturated carbocycles. The van der Waals surface area contributed by atoms with E-state index in [4.69, 9.17) is 5.73 Å². The molecule has 0 aliphatic rings. The van der Waals surface area contributed by atoms with Gasteiger partial charge in [0.1, 0.15) is 0 Å². The summed E-state index contributed by atoms with van der Waals surface area (Å²) < 4.78 is 0. The maximum Gasteiger partial charge on any atom is 0.0462 e. The van der Waals surface area contributed by atoms with Gasteiger partial charge in [0.05, 0.1) is 0 Å². The van der Waals surface area contributed by atoms with E-state index in [0.29, 0.717) is 12.5 Å². The number of hydrogen-bond acceptors (Lipinski definition) is 2. The minimum Gasteiger partial charge on any atom is -0.396 e. The highest BCUT2D eigenvalue weighted by molar-refractivity contribution is 4.75. The van der Waals surface area contributed by atoms with Crippen molar-refractivity contribution in [2.75, 3.05) is 13.2 Å². The average Bonchev–Trinajstić information content (AvgIpc) is 2.51. The van der Waals surface area contributed by atoms with E-state index < -0.39 is 0 Å². The van der Waals surface area contributed by atoms with Gasteiger partial charge in [-0.2, -0.15) is 0 Å². The van der Waals surface area contributed by atoms with Crippen molar-refractivity contribution in [1.82, 2.24) is 0 Å². The molecule has 0 rings (SSSR count). The number of unbranched alkanes of at least 4 members (excludes halogenated alkanes) is 11. The molecule has 0 aromatic heterocycles. The van der Waals surface area contributed by atoms with E-state index in [-0.39, 0.29) is 0 Å². The van der Waals surface area contributed by atoms with Crippen LogP contribution in [0, 0.1) is 12.3 Å². The van der Waals surface area contributed by atoms with Gasteiger partial charge in [0.25, 0.3) is 0 Å². The van der Waals surface area contributed by atoms with Crippen LogP contribution in [0.1, 0.15) is 96.8 Å². The van der Waals surface area contributed by atoms with Crippen molar-refractivity contribution in [3.63, 3.8) is 0 Å². The molecule has 0 bridgehead atoms. The van der Waals surface area contributed by atoms with Crippen molar-refractivity contribution in [1.29, 1.82) is 0 Å². The monoisotopic (exact) mass is 298 g/mol. The maximum atomic E-state index is 9.42. The molecule has 2 nitrogen and oxygen atoms in total. The van der Waals surface area contributed by atoms with Crippen molar-refractivity contribution in [3.05, 3.63) is 6.42 Å². The van der Waals surface area contributed by atoms with Gasteiger partial charge < -0.3 is 10.8 Å². The van der Waals surface area contributed by atoms with Crippen LogP contribution < -0.4 is 5.73 Å². The Kier molecular flexibility index (Phi) is 17.9. The van der Waals surface area contributed by atoms with Gasteiger partial charge in [-0.3, -0.25) is 0 Å². The van der Waals surface area contributed by atoms with Crippen LogP contribution in [0.4, 0.5) is 0 Å². The van der Waals surface area contributed by atoms with Crippen LogP contribution >= 0.6 is 0 Å². The molecule has 3 N–H and O–H groups in total. The summed E-state index contributed by atoms with van der Waals surface area (Å²) >= 11 is 0. The van der Waals surface area contributed by atoms with Crippen molar-refractivity contribution in [2.24, 2.45) is 11.7 Å². The molecule has 0 spiro atoms. The van der Waals surface area contributed by atoms with Gasteiger partial charge in [0, 0.05) is 6.61 Å². The smallest absolute Gasteiger partial charge is 0.0462 e. The second-order valence-electron chi connectivity index (χ2n) is 6.43. The average molecular weight is 299 g/mol. The summed E-state index contributed by atoms with van der Waals surface area (Å²) in [5, 5.41) is 9.42. The first-order valence-corrected chi connectivity index (χ1v) is 9.49. The molecule has 0 amide bonds. The van der Waals surface area contributed by atoms with Gasteiger partial charge in [0.15, 0.2) is 0 Å². The zero-order valence-electron chi connectivity index (χ0n) is 14.5. The summed E-state index contributed by atoms with van der Waals surface area (Å²) in [7, 11) is 0. The first-order valence-electron chi connectivity index (χ1n) is 9.49. The van der Waals surface area contributed by atoms with Crippen LogP contribution in [-0.4, -0.2) is 18.3 Å². The predicted molar refractivity (Wildman–Crippen MR) is 94.2 cm³/mol. The number of hydrogen-bond donors (Lipinski definition) is 2. The Bertz CT molecular complexity index is 184. The Hall–Kier alpha value is -0.0800. The van der Waals surface area contributed by atoms with Crippen LogP contribution in [0.5, 0.6) is 0 Å². The van der Waals surface area contributed by atoms with E-state index in [1.54, 1.807) is 0 Å². The van der Waals surface area contributed by atoms with Gasteiger partial charge >= 0.3 is 0 Å². The molecule has 1 radical (unpaired) electrons. The Morgan fingerprint density at radius 1 is 0.810 bits per heavy atom. The third-order valence-corrected chi connectivity index (χ3v) is 4.32. The highest BCUT2D eigenvalue weighted by Gasteiger charge is 2.07. The molecule has 127 valence electrons. The van der Waals surface area contributed by atoms with E-state index in [9.17, 15) is 5.11 Å². The summed E-state index contributed by atoms with van der Waals surface area (Å²) in [6, 6.07) is 0. The largest absolute Gasteiger partial charge is 0.396 e. The summed E-state index contributed by atoms with van der Waals surface area (Å²) in [4.78, 5) is 0.